The molecule has 92 valence electrons. The number of benzene rings is 1. The molecule has 6 heteroatoms. The van der Waals surface area contributed by atoms with Crippen molar-refractivity contribution in [3.63, 3.8) is 0 Å². The van der Waals surface area contributed by atoms with Crippen molar-refractivity contribution in [2.24, 2.45) is 0 Å². The molecule has 0 radical (unpaired) electrons. The lowest BCUT2D eigenvalue weighted by atomic mass is 10.2. The van der Waals surface area contributed by atoms with Gasteiger partial charge in [-0.1, -0.05) is 24.9 Å². The number of ether oxygens (including phenoxy) is 1. The van der Waals surface area contributed by atoms with Crippen molar-refractivity contribution in [2.45, 2.75) is 13.7 Å². The maximum atomic E-state index is 5.56. The Morgan fingerprint density at radius 1 is 1.53 bits per heavy atom. The fourth-order valence-corrected chi connectivity index (χ4v) is 2.63. The molecule has 0 aliphatic rings. The minimum absolute atomic E-state index is 0.516. The van der Waals surface area contributed by atoms with Crippen molar-refractivity contribution in [3.8, 4) is 0 Å². The van der Waals surface area contributed by atoms with Crippen LogP contribution in [0.3, 0.4) is 0 Å². The van der Waals surface area contributed by atoms with E-state index >= 15 is 0 Å². The van der Waals surface area contributed by atoms with Gasteiger partial charge in [-0.05, 0) is 45.8 Å². The molecule has 1 aromatic carbocycles. The molecule has 0 spiro atoms. The van der Waals surface area contributed by atoms with Gasteiger partial charge >= 0.3 is 0 Å². The summed E-state index contributed by atoms with van der Waals surface area (Å²) in [6.07, 6.45) is 1.87. The highest BCUT2D eigenvalue weighted by Gasteiger charge is 2.05. The van der Waals surface area contributed by atoms with Crippen LogP contribution in [-0.2, 0) is 11.5 Å². The smallest absolute Gasteiger partial charge is 0.140 e. The summed E-state index contributed by atoms with van der Waals surface area (Å²) in [6.45, 7) is 3.35. The summed E-state index contributed by atoms with van der Waals surface area (Å²) in [5.74, 6) is 1.00. The highest BCUT2D eigenvalue weighted by atomic mass is 127. The topological polar surface area (TPSA) is 27.1 Å². The number of fused-ring (bicyclic) bond motifs is 1. The summed E-state index contributed by atoms with van der Waals surface area (Å²) < 4.78 is 8.57. The predicted molar refractivity (Wildman–Crippen MR) is 84.6 cm³/mol. The van der Waals surface area contributed by atoms with Crippen LogP contribution >= 0.6 is 46.1 Å². The molecular formula is C11H12BrIN2OS. The molecule has 2 rings (SSSR count). The van der Waals surface area contributed by atoms with Crippen LogP contribution in [0.25, 0.3) is 10.9 Å². The number of nitrogens with zero attached hydrogens (tertiary/aromatic N) is 2. The third-order valence-electron chi connectivity index (χ3n) is 2.44. The van der Waals surface area contributed by atoms with E-state index in [0.29, 0.717) is 6.73 Å². The van der Waals surface area contributed by atoms with E-state index in [9.17, 15) is 0 Å². The van der Waals surface area contributed by atoms with Gasteiger partial charge in [0.15, 0.2) is 0 Å². The number of hydrogen-bond donors (Lipinski definition) is 0. The normalized spacial score (nSPS) is 11.2. The van der Waals surface area contributed by atoms with Gasteiger partial charge in [-0.3, -0.25) is 0 Å². The Labute approximate surface area is 125 Å². The Balaban J connectivity index is 2.15. The molecule has 1 heterocycles. The average molecular weight is 427 g/mol. The number of aryl methyl sites for hydroxylation is 1. The van der Waals surface area contributed by atoms with E-state index < -0.39 is 0 Å². The molecule has 3 nitrogen and oxygen atoms in total. The third-order valence-corrected chi connectivity index (χ3v) is 4.94. The van der Waals surface area contributed by atoms with Crippen LogP contribution in [0.5, 0.6) is 0 Å². The van der Waals surface area contributed by atoms with Gasteiger partial charge in [-0.15, -0.1) is 0 Å². The molecule has 0 unspecified atom stereocenters. The van der Waals surface area contributed by atoms with Crippen molar-refractivity contribution < 1.29 is 4.74 Å². The molecule has 0 saturated heterocycles. The zero-order valence-corrected chi connectivity index (χ0v) is 13.9. The Kier molecular flexibility index (Phi) is 5.13. The lowest BCUT2D eigenvalue weighted by Crippen LogP contribution is -2.06. The van der Waals surface area contributed by atoms with E-state index in [0.717, 1.165) is 27.7 Å². The van der Waals surface area contributed by atoms with Gasteiger partial charge in [0.1, 0.15) is 6.73 Å². The summed E-state index contributed by atoms with van der Waals surface area (Å²) in [7, 11) is 1.76. The molecule has 17 heavy (non-hydrogen) atoms. The maximum Gasteiger partial charge on any atom is 0.140 e. The van der Waals surface area contributed by atoms with Gasteiger partial charge in [0.05, 0.1) is 18.3 Å². The zero-order chi connectivity index (χ0) is 12.3. The van der Waals surface area contributed by atoms with E-state index in [2.05, 4.69) is 61.3 Å². The van der Waals surface area contributed by atoms with Crippen molar-refractivity contribution >= 4 is 57.0 Å². The quantitative estimate of drug-likeness (QED) is 0.530. The van der Waals surface area contributed by atoms with Gasteiger partial charge in [-0.25, -0.2) is 4.68 Å². The molecule has 0 fully saturated rings. The maximum absolute atomic E-state index is 5.56. The van der Waals surface area contributed by atoms with E-state index in [-0.39, 0.29) is 0 Å². The first-order valence-corrected chi connectivity index (χ1v) is 9.47. The number of hydrogen-bond acceptors (Lipinski definition) is 3. The Hall–Kier alpha value is 0.210. The second kappa shape index (κ2) is 6.40. The molecule has 0 amide bonds. The molecule has 2 aromatic rings. The van der Waals surface area contributed by atoms with Gasteiger partial charge in [-0.2, -0.15) is 5.10 Å². The van der Waals surface area contributed by atoms with Crippen molar-refractivity contribution in [1.29, 1.82) is 0 Å². The van der Waals surface area contributed by atoms with E-state index in [1.54, 1.807) is 8.93 Å². The monoisotopic (exact) mass is 426 g/mol. The molecule has 0 aliphatic carbocycles. The molecule has 1 aromatic heterocycles. The van der Waals surface area contributed by atoms with Crippen LogP contribution in [0.1, 0.15) is 5.56 Å². The highest BCUT2D eigenvalue weighted by Crippen LogP contribution is 2.23. The molecule has 0 atom stereocenters. The van der Waals surface area contributed by atoms with Crippen LogP contribution in [0.15, 0.2) is 22.8 Å². The number of aromatic nitrogens is 2. The molecule has 0 aliphatic heterocycles. The SMILES string of the molecule is Cc1cc2c(cnn2COCCSI)cc1Br. The summed E-state index contributed by atoms with van der Waals surface area (Å²) in [4.78, 5) is 0. The Morgan fingerprint density at radius 3 is 3.12 bits per heavy atom. The number of halogens is 2. The van der Waals surface area contributed by atoms with Crippen LogP contribution in [0.2, 0.25) is 0 Å². The van der Waals surface area contributed by atoms with Gasteiger partial charge < -0.3 is 4.74 Å². The first kappa shape index (κ1) is 13.6. The summed E-state index contributed by atoms with van der Waals surface area (Å²) in [6, 6.07) is 4.22. The second-order valence-electron chi connectivity index (χ2n) is 3.65. The van der Waals surface area contributed by atoms with Crippen molar-refractivity contribution in [2.75, 3.05) is 12.4 Å². The van der Waals surface area contributed by atoms with Crippen LogP contribution in [0, 0.1) is 6.92 Å². The fourth-order valence-electron chi connectivity index (χ4n) is 1.55. The van der Waals surface area contributed by atoms with Gasteiger partial charge in [0.25, 0.3) is 0 Å². The van der Waals surface area contributed by atoms with E-state index in [4.69, 9.17) is 4.74 Å². The predicted octanol–water partition coefficient (Wildman–Crippen LogP) is 4.16. The fraction of sp³-hybridized carbons (Fsp3) is 0.364. The summed E-state index contributed by atoms with van der Waals surface area (Å²) >= 11 is 5.80. The minimum Gasteiger partial charge on any atom is -0.358 e. The third kappa shape index (κ3) is 3.36. The summed E-state index contributed by atoms with van der Waals surface area (Å²) in [5.41, 5.74) is 2.33. The zero-order valence-electron chi connectivity index (χ0n) is 9.32. The van der Waals surface area contributed by atoms with Crippen LogP contribution < -0.4 is 0 Å². The van der Waals surface area contributed by atoms with Crippen LogP contribution in [-0.4, -0.2) is 22.1 Å². The highest BCUT2D eigenvalue weighted by molar-refractivity contribution is 14.2. The minimum atomic E-state index is 0.516. The second-order valence-corrected chi connectivity index (χ2v) is 7.00. The molecule has 0 saturated carbocycles. The largest absolute Gasteiger partial charge is 0.358 e. The van der Waals surface area contributed by atoms with Gasteiger partial charge in [0, 0.05) is 15.6 Å². The van der Waals surface area contributed by atoms with E-state index in [1.165, 1.54) is 5.56 Å². The van der Waals surface area contributed by atoms with Gasteiger partial charge in [0.2, 0.25) is 0 Å². The molecule has 0 N–H and O–H groups in total. The van der Waals surface area contributed by atoms with Crippen LogP contribution in [0.4, 0.5) is 0 Å². The van der Waals surface area contributed by atoms with Crippen molar-refractivity contribution in [1.82, 2.24) is 9.78 Å². The lowest BCUT2D eigenvalue weighted by molar-refractivity contribution is 0.0844. The van der Waals surface area contributed by atoms with E-state index in [1.807, 2.05) is 10.9 Å². The Bertz CT molecular complexity index is 517. The first-order valence-electron chi connectivity index (χ1n) is 5.15. The average Bonchev–Trinajstić information content (AvgIpc) is 2.68. The lowest BCUT2D eigenvalue weighted by Gasteiger charge is -2.05. The number of rotatable bonds is 5. The standard InChI is InChI=1S/C11H12BrIN2OS/c1-8-4-11-9(5-10(8)12)6-14-15(11)7-16-2-3-17-13/h4-6H,2-3,7H2,1H3. The van der Waals surface area contributed by atoms with Crippen molar-refractivity contribution in [3.05, 3.63) is 28.4 Å². The molecular weight excluding hydrogens is 415 g/mol. The summed E-state index contributed by atoms with van der Waals surface area (Å²) in [5, 5.41) is 5.47. The Morgan fingerprint density at radius 2 is 2.35 bits per heavy atom. The first-order chi connectivity index (χ1) is 8.22. The molecule has 0 bridgehead atoms.